The fraction of sp³-hybridized carbons (Fsp3) is 1.00. The lowest BCUT2D eigenvalue weighted by atomic mass is 10.4. The number of hydrogen-bond acceptors (Lipinski definition) is 0. The second kappa shape index (κ2) is 10.1. The van der Waals surface area contributed by atoms with E-state index in [0.717, 1.165) is 0 Å². The van der Waals surface area contributed by atoms with Gasteiger partial charge in [-0.2, -0.15) is 5.05 Å². The summed E-state index contributed by atoms with van der Waals surface area (Å²) < 4.78 is 1.55. The van der Waals surface area contributed by atoms with Crippen molar-refractivity contribution in [2.75, 3.05) is 0 Å². The molecule has 0 aromatic rings. The van der Waals surface area contributed by atoms with Gasteiger partial charge in [0.05, 0.1) is 0 Å². The fourth-order valence-electron chi connectivity index (χ4n) is 0.500. The van der Waals surface area contributed by atoms with Crippen LogP contribution in [0.25, 0.3) is 0 Å². The molecule has 0 bridgehead atoms. The lowest BCUT2D eigenvalue weighted by Gasteiger charge is -1.84. The first-order valence-corrected chi connectivity index (χ1v) is 5.33. The third kappa shape index (κ3) is 11.0. The minimum absolute atomic E-state index is 0. The molecule has 0 heterocycles. The van der Waals surface area contributed by atoms with Crippen molar-refractivity contribution in [1.29, 1.82) is 0 Å². The van der Waals surface area contributed by atoms with Crippen LogP contribution in [0, 0.1) is 0 Å². The van der Waals surface area contributed by atoms with Crippen molar-refractivity contribution in [2.24, 2.45) is 0 Å². The molecule has 0 rings (SSSR count). The Morgan fingerprint density at radius 1 is 1.43 bits per heavy atom. The number of rotatable bonds is 3. The van der Waals surface area contributed by atoms with Gasteiger partial charge in [-0.15, -0.1) is 17.0 Å². The van der Waals surface area contributed by atoms with Gasteiger partial charge in [0.1, 0.15) is 0 Å². The highest BCUT2D eigenvalue weighted by molar-refractivity contribution is 6.33. The van der Waals surface area contributed by atoms with E-state index in [1.54, 1.807) is 4.55 Å². The molecule has 0 fully saturated rings. The Labute approximate surface area is 62.2 Å². The first-order valence-electron chi connectivity index (χ1n) is 2.91. The van der Waals surface area contributed by atoms with Crippen LogP contribution in [0.15, 0.2) is 0 Å². The standard InChI is InChI=1S/C4H9.CH3.ClH.Mg/c1-3-4-2;;;/h1,3-4H2,2H3;1H3;1H;. The smallest absolute Gasteiger partial charge is 0.157 e. The Balaban J connectivity index is 0. The second-order valence-corrected chi connectivity index (χ2v) is 3.41. The van der Waals surface area contributed by atoms with Gasteiger partial charge >= 0.3 is 20.4 Å². The van der Waals surface area contributed by atoms with Crippen molar-refractivity contribution in [3.8, 4) is 0 Å². The van der Waals surface area contributed by atoms with Gasteiger partial charge in [-0.05, 0) is 0 Å². The van der Waals surface area contributed by atoms with E-state index in [0.29, 0.717) is 20.4 Å². The van der Waals surface area contributed by atoms with E-state index in [2.05, 4.69) is 12.0 Å². The third-order valence-corrected chi connectivity index (χ3v) is 2.16. The predicted molar refractivity (Wildman–Crippen MR) is 38.6 cm³/mol. The number of halogens is 1. The molecule has 0 aromatic carbocycles. The molecule has 0 amide bonds. The lowest BCUT2D eigenvalue weighted by molar-refractivity contribution is 0.880. The van der Waals surface area contributed by atoms with Gasteiger partial charge in [-0.25, -0.2) is 0 Å². The molecule has 0 atom stereocenters. The largest absolute Gasteiger partial charge is 0.360 e. The maximum absolute atomic E-state index is 2.37. The van der Waals surface area contributed by atoms with Crippen molar-refractivity contribution in [1.82, 2.24) is 0 Å². The van der Waals surface area contributed by atoms with Crippen LogP contribution in [-0.2, 0) is 0 Å². The molecule has 0 aliphatic heterocycles. The Bertz CT molecular complexity index is 20.0. The van der Waals surface area contributed by atoms with Gasteiger partial charge in [-0.1, -0.05) is 19.8 Å². The van der Waals surface area contributed by atoms with Crippen LogP contribution >= 0.6 is 12.4 Å². The maximum Gasteiger partial charge on any atom is 0.360 e. The molecule has 0 aromatic heterocycles. The topological polar surface area (TPSA) is 0 Å². The van der Waals surface area contributed by atoms with Gasteiger partial charge in [-0.3, -0.25) is 0 Å². The van der Waals surface area contributed by atoms with Gasteiger partial charge in [0, 0.05) is 0 Å². The second-order valence-electron chi connectivity index (χ2n) is 1.71. The molecule has 0 N–H and O–H groups in total. The normalized spacial score (nSPS) is 6.57. The van der Waals surface area contributed by atoms with Crippen molar-refractivity contribution < 1.29 is 0 Å². The number of unbranched alkanes of at least 4 members (excludes halogenated alkanes) is 1. The Morgan fingerprint density at radius 2 is 2.00 bits per heavy atom. The van der Waals surface area contributed by atoms with Crippen molar-refractivity contribution in [3.63, 3.8) is 0 Å². The zero-order valence-electron chi connectivity index (χ0n) is 5.24. The molecule has 0 spiro atoms. The van der Waals surface area contributed by atoms with E-state index in [1.807, 2.05) is 0 Å². The highest BCUT2D eigenvalue weighted by atomic mass is 35.5. The third-order valence-electron chi connectivity index (χ3n) is 0.957. The average molecular weight is 133 g/mol. The molecule has 0 radical (unpaired) electrons. The molecular weight excluding hydrogens is 120 g/mol. The summed E-state index contributed by atoms with van der Waals surface area (Å²) in [6, 6.07) is 0. The zero-order valence-corrected chi connectivity index (χ0v) is 7.47. The van der Waals surface area contributed by atoms with Gasteiger partial charge < -0.3 is 0 Å². The van der Waals surface area contributed by atoms with E-state index >= 15 is 0 Å². The van der Waals surface area contributed by atoms with Gasteiger partial charge in [0.25, 0.3) is 0 Å². The lowest BCUT2D eigenvalue weighted by Crippen LogP contribution is -1.76. The Kier molecular flexibility index (Phi) is 15.8. The van der Waals surface area contributed by atoms with Gasteiger partial charge in [0.2, 0.25) is 0 Å². The predicted octanol–water partition coefficient (Wildman–Crippen LogP) is 2.38. The molecule has 0 saturated heterocycles. The summed E-state index contributed by atoms with van der Waals surface area (Å²) in [7, 11) is 0. The van der Waals surface area contributed by atoms with E-state index in [-0.39, 0.29) is 12.4 Å². The maximum atomic E-state index is 2.37. The first-order chi connectivity index (χ1) is 2.91. The summed E-state index contributed by atoms with van der Waals surface area (Å²) in [5, 5.41) is 2.37. The van der Waals surface area contributed by atoms with E-state index in [9.17, 15) is 0 Å². The summed E-state index contributed by atoms with van der Waals surface area (Å²) in [6.07, 6.45) is 2.86. The molecule has 0 aliphatic rings. The molecule has 0 saturated carbocycles. The van der Waals surface area contributed by atoms with E-state index in [4.69, 9.17) is 0 Å². The molecule has 7 heavy (non-hydrogen) atoms. The highest BCUT2D eigenvalue weighted by Crippen LogP contribution is 1.90. The average Bonchev–Trinajstić information content (AvgIpc) is 1.61. The van der Waals surface area contributed by atoms with Crippen LogP contribution < -0.4 is 0 Å². The molecule has 2 heteroatoms. The summed E-state index contributed by atoms with van der Waals surface area (Å²) in [4.78, 5) is 0. The Hall–Kier alpha value is 1.06. The van der Waals surface area contributed by atoms with Crippen molar-refractivity contribution in [2.45, 2.75) is 29.4 Å². The summed E-state index contributed by atoms with van der Waals surface area (Å²) in [5.74, 6) is 0. The highest BCUT2D eigenvalue weighted by Gasteiger charge is 1.81. The van der Waals surface area contributed by atoms with Crippen LogP contribution in [0.3, 0.4) is 0 Å². The minimum Gasteiger partial charge on any atom is -0.157 e. The summed E-state index contributed by atoms with van der Waals surface area (Å²) >= 11 is 0.403. The van der Waals surface area contributed by atoms with Crippen LogP contribution in [-0.4, -0.2) is 20.4 Å². The van der Waals surface area contributed by atoms with Crippen LogP contribution in [0.5, 0.6) is 0 Å². The Morgan fingerprint density at radius 3 is 2.14 bits per heavy atom. The monoisotopic (exact) mass is 132 g/mol. The van der Waals surface area contributed by atoms with E-state index in [1.165, 1.54) is 12.8 Å². The molecule has 0 unspecified atom stereocenters. The van der Waals surface area contributed by atoms with Crippen LogP contribution in [0.4, 0.5) is 0 Å². The van der Waals surface area contributed by atoms with Crippen molar-refractivity contribution >= 4 is 32.8 Å². The number of hydrogen-bond donors (Lipinski definition) is 0. The van der Waals surface area contributed by atoms with E-state index < -0.39 is 0 Å². The molecular formula is C5H13ClMg. The van der Waals surface area contributed by atoms with Crippen LogP contribution in [0.1, 0.15) is 19.8 Å². The first kappa shape index (κ1) is 10.9. The summed E-state index contributed by atoms with van der Waals surface area (Å²) in [6.45, 7) is 2.25. The SMILES string of the molecule is CCC[CH2][Mg][CH3].Cl. The molecule has 0 nitrogen and oxygen atoms in total. The van der Waals surface area contributed by atoms with Crippen LogP contribution in [0.2, 0.25) is 9.60 Å². The van der Waals surface area contributed by atoms with Gasteiger partial charge in [0.15, 0.2) is 0 Å². The minimum atomic E-state index is 0. The fourth-order valence-corrected chi connectivity index (χ4v) is 1.50. The molecule has 42 valence electrons. The summed E-state index contributed by atoms with van der Waals surface area (Å²) in [5.41, 5.74) is 0. The molecule has 0 aliphatic carbocycles. The zero-order chi connectivity index (χ0) is 4.83. The quantitative estimate of drug-likeness (QED) is 0.409. The van der Waals surface area contributed by atoms with Crippen molar-refractivity contribution in [3.05, 3.63) is 0 Å².